The number of anilines is 1. The van der Waals surface area contributed by atoms with Crippen LogP contribution in [0.25, 0.3) is 0 Å². The van der Waals surface area contributed by atoms with Crippen molar-refractivity contribution in [3.8, 4) is 0 Å². The number of rotatable bonds is 1. The molecule has 25 heavy (non-hydrogen) atoms. The molecular formula is C19H28BBrN2O2. The summed E-state index contributed by atoms with van der Waals surface area (Å²) in [4.78, 5) is 3.84. The molecule has 1 aliphatic rings. The summed E-state index contributed by atoms with van der Waals surface area (Å²) in [6.45, 7) is 12.2. The quantitative estimate of drug-likeness (QED) is 0.561. The van der Waals surface area contributed by atoms with Gasteiger partial charge in [-0.3, -0.25) is 4.98 Å². The highest BCUT2D eigenvalue weighted by Gasteiger charge is 2.51. The van der Waals surface area contributed by atoms with Crippen molar-refractivity contribution in [1.29, 1.82) is 0 Å². The van der Waals surface area contributed by atoms with Crippen molar-refractivity contribution < 1.29 is 9.31 Å². The van der Waals surface area contributed by atoms with Gasteiger partial charge in [0.05, 0.1) is 11.2 Å². The Morgan fingerprint density at radius 1 is 1.00 bits per heavy atom. The van der Waals surface area contributed by atoms with Crippen LogP contribution in [0.1, 0.15) is 41.5 Å². The summed E-state index contributed by atoms with van der Waals surface area (Å²) in [6, 6.07) is 11.4. The summed E-state index contributed by atoms with van der Waals surface area (Å²) >= 11 is 3.25. The van der Waals surface area contributed by atoms with Gasteiger partial charge in [-0.05, 0) is 73.4 Å². The van der Waals surface area contributed by atoms with Crippen molar-refractivity contribution in [2.45, 2.75) is 52.7 Å². The molecule has 0 radical (unpaired) electrons. The Hall–Kier alpha value is -1.37. The van der Waals surface area contributed by atoms with Crippen molar-refractivity contribution in [2.24, 2.45) is 0 Å². The van der Waals surface area contributed by atoms with Crippen molar-refractivity contribution in [2.75, 3.05) is 5.73 Å². The Labute approximate surface area is 160 Å². The van der Waals surface area contributed by atoms with Gasteiger partial charge in [-0.1, -0.05) is 26.0 Å². The first-order valence-corrected chi connectivity index (χ1v) is 9.27. The molecule has 0 saturated carbocycles. The molecule has 0 unspecified atom stereocenters. The molecule has 1 saturated heterocycles. The van der Waals surface area contributed by atoms with Gasteiger partial charge in [0, 0.05) is 22.6 Å². The van der Waals surface area contributed by atoms with Crippen LogP contribution in [-0.4, -0.2) is 23.3 Å². The monoisotopic (exact) mass is 406 g/mol. The Balaban J connectivity index is 0.000000290. The van der Waals surface area contributed by atoms with Gasteiger partial charge in [0.2, 0.25) is 0 Å². The minimum atomic E-state index is -0.325. The Morgan fingerprint density at radius 3 is 2.00 bits per heavy atom. The Kier molecular flexibility index (Phi) is 8.12. The molecule has 0 bridgehead atoms. The largest absolute Gasteiger partial charge is 0.494 e. The second kappa shape index (κ2) is 9.37. The van der Waals surface area contributed by atoms with Crippen molar-refractivity contribution in [1.82, 2.24) is 4.98 Å². The normalized spacial score (nSPS) is 17.0. The molecule has 1 aliphatic heterocycles. The molecular weight excluding hydrogens is 379 g/mol. The number of hydrogen-bond donors (Lipinski definition) is 1. The molecule has 6 heteroatoms. The second-order valence-corrected chi connectivity index (χ2v) is 7.35. The summed E-state index contributed by atoms with van der Waals surface area (Å²) in [7, 11) is -0.325. The zero-order chi connectivity index (χ0) is 19.1. The van der Waals surface area contributed by atoms with Crippen molar-refractivity contribution in [3.63, 3.8) is 0 Å². The van der Waals surface area contributed by atoms with Gasteiger partial charge >= 0.3 is 7.12 Å². The van der Waals surface area contributed by atoms with Gasteiger partial charge in [-0.2, -0.15) is 0 Å². The average Bonchev–Trinajstić information content (AvgIpc) is 2.79. The van der Waals surface area contributed by atoms with Gasteiger partial charge in [0.15, 0.2) is 0 Å². The first-order valence-electron chi connectivity index (χ1n) is 8.48. The Bertz CT molecular complexity index is 635. The highest BCUT2D eigenvalue weighted by atomic mass is 79.9. The van der Waals surface area contributed by atoms with Gasteiger partial charge in [0.1, 0.15) is 0 Å². The minimum Gasteiger partial charge on any atom is -0.399 e. The molecule has 1 fully saturated rings. The maximum atomic E-state index is 5.93. The van der Waals surface area contributed by atoms with E-state index in [1.165, 1.54) is 0 Å². The number of halogens is 1. The number of nitrogens with two attached hydrogens (primary N) is 1. The first-order chi connectivity index (χ1) is 11.7. The van der Waals surface area contributed by atoms with Crippen molar-refractivity contribution >= 4 is 34.2 Å². The zero-order valence-corrected chi connectivity index (χ0v) is 17.5. The number of pyridine rings is 1. The molecule has 2 N–H and O–H groups in total. The van der Waals surface area contributed by atoms with E-state index in [4.69, 9.17) is 15.0 Å². The summed E-state index contributed by atoms with van der Waals surface area (Å²) in [6.07, 6.45) is 3.49. The fourth-order valence-electron chi connectivity index (χ4n) is 2.03. The van der Waals surface area contributed by atoms with Gasteiger partial charge in [-0.15, -0.1) is 0 Å². The van der Waals surface area contributed by atoms with Crippen LogP contribution < -0.4 is 11.2 Å². The van der Waals surface area contributed by atoms with E-state index < -0.39 is 0 Å². The van der Waals surface area contributed by atoms with E-state index in [1.54, 1.807) is 12.4 Å². The molecule has 2 aromatic rings. The average molecular weight is 407 g/mol. The minimum absolute atomic E-state index is 0.303. The summed E-state index contributed by atoms with van der Waals surface area (Å²) in [5, 5.41) is 0. The van der Waals surface area contributed by atoms with E-state index in [2.05, 4.69) is 20.9 Å². The fourth-order valence-corrected chi connectivity index (χ4v) is 2.30. The number of aromatic nitrogens is 1. The lowest BCUT2D eigenvalue weighted by Crippen LogP contribution is -2.41. The van der Waals surface area contributed by atoms with E-state index in [-0.39, 0.29) is 18.3 Å². The van der Waals surface area contributed by atoms with Crippen molar-refractivity contribution in [3.05, 3.63) is 53.3 Å². The van der Waals surface area contributed by atoms with Crippen LogP contribution in [0.15, 0.2) is 53.3 Å². The lowest BCUT2D eigenvalue weighted by molar-refractivity contribution is 0.00578. The molecule has 1 aromatic carbocycles. The molecule has 2 heterocycles. The van der Waals surface area contributed by atoms with E-state index in [1.807, 2.05) is 77.9 Å². The number of nitrogen functional groups attached to an aromatic ring is 1. The molecule has 0 atom stereocenters. The molecule has 0 aliphatic carbocycles. The lowest BCUT2D eigenvalue weighted by Gasteiger charge is -2.32. The predicted molar refractivity (Wildman–Crippen MR) is 110 cm³/mol. The van der Waals surface area contributed by atoms with Gasteiger partial charge in [-0.25, -0.2) is 0 Å². The molecule has 0 amide bonds. The van der Waals surface area contributed by atoms with E-state index in [9.17, 15) is 0 Å². The number of benzene rings is 1. The van der Waals surface area contributed by atoms with Crippen LogP contribution in [-0.2, 0) is 9.31 Å². The maximum absolute atomic E-state index is 5.93. The van der Waals surface area contributed by atoms with Gasteiger partial charge < -0.3 is 15.0 Å². The summed E-state index contributed by atoms with van der Waals surface area (Å²) < 4.78 is 12.9. The Morgan fingerprint density at radius 2 is 1.60 bits per heavy atom. The topological polar surface area (TPSA) is 57.4 Å². The van der Waals surface area contributed by atoms with E-state index in [0.29, 0.717) is 0 Å². The first kappa shape index (κ1) is 21.7. The standard InChI is InChI=1S/C12H18BNO2.C5H4BrN.C2H6/c1-11(2)12(3,4)16-13(15-11)9-6-5-7-10(14)8-9;6-5-2-1-3-7-4-5;1-2/h5-8H,14H2,1-4H3;1-4H;1-2H3. The van der Waals surface area contributed by atoms with Crippen LogP contribution in [0.2, 0.25) is 0 Å². The lowest BCUT2D eigenvalue weighted by atomic mass is 9.79. The van der Waals surface area contributed by atoms with Crippen LogP contribution in [0.3, 0.4) is 0 Å². The predicted octanol–water partition coefficient (Wildman–Crippen LogP) is 4.44. The molecule has 136 valence electrons. The highest BCUT2D eigenvalue weighted by Crippen LogP contribution is 2.36. The number of hydrogen-bond acceptors (Lipinski definition) is 4. The smallest absolute Gasteiger partial charge is 0.399 e. The summed E-state index contributed by atoms with van der Waals surface area (Å²) in [5.74, 6) is 0. The third kappa shape index (κ3) is 6.14. The molecule has 1 aromatic heterocycles. The van der Waals surface area contributed by atoms with Crippen LogP contribution in [0, 0.1) is 0 Å². The van der Waals surface area contributed by atoms with Crippen LogP contribution >= 0.6 is 15.9 Å². The molecule has 4 nitrogen and oxygen atoms in total. The zero-order valence-electron chi connectivity index (χ0n) is 15.9. The van der Waals surface area contributed by atoms with Gasteiger partial charge in [0.25, 0.3) is 0 Å². The van der Waals surface area contributed by atoms with E-state index in [0.717, 1.165) is 15.6 Å². The fraction of sp³-hybridized carbons (Fsp3) is 0.421. The number of nitrogens with zero attached hydrogens (tertiary/aromatic N) is 1. The third-order valence-electron chi connectivity index (χ3n) is 4.06. The second-order valence-electron chi connectivity index (χ2n) is 6.43. The highest BCUT2D eigenvalue weighted by molar-refractivity contribution is 9.10. The van der Waals surface area contributed by atoms with Crippen LogP contribution in [0.5, 0.6) is 0 Å². The van der Waals surface area contributed by atoms with Crippen LogP contribution in [0.4, 0.5) is 5.69 Å². The maximum Gasteiger partial charge on any atom is 0.494 e. The third-order valence-corrected chi connectivity index (χ3v) is 4.53. The SMILES string of the molecule is Brc1cccnc1.CC.CC1(C)OB(c2cccc(N)c2)OC1(C)C. The summed E-state index contributed by atoms with van der Waals surface area (Å²) in [5.41, 5.74) is 6.84. The molecule has 3 rings (SSSR count). The van der Waals surface area contributed by atoms with E-state index >= 15 is 0 Å². The molecule has 0 spiro atoms.